The third kappa shape index (κ3) is 2.63. The number of aryl methyl sites for hydroxylation is 1. The molecule has 1 amide bonds. The number of benzene rings is 1. The summed E-state index contributed by atoms with van der Waals surface area (Å²) in [4.78, 5) is 14.7. The number of nitrogens with zero attached hydrogens (tertiary/aromatic N) is 4. The number of likely N-dealkylation sites (tertiary alicyclic amines) is 1. The zero-order valence-corrected chi connectivity index (χ0v) is 13.8. The second-order valence-electron chi connectivity index (χ2n) is 6.05. The zero-order chi connectivity index (χ0) is 15.8. The molecule has 1 aliphatic rings. The number of fused-ring (bicyclic) bond motifs is 1. The van der Waals surface area contributed by atoms with Crippen LogP contribution in [0.3, 0.4) is 0 Å². The quantitative estimate of drug-likeness (QED) is 0.726. The van der Waals surface area contributed by atoms with Crippen LogP contribution in [0.1, 0.15) is 34.9 Å². The van der Waals surface area contributed by atoms with Crippen LogP contribution < -0.4 is 0 Å². The summed E-state index contributed by atoms with van der Waals surface area (Å²) >= 11 is 1.39. The molecular formula is C17H18N4OS. The van der Waals surface area contributed by atoms with Crippen molar-refractivity contribution in [1.82, 2.24) is 19.1 Å². The first kappa shape index (κ1) is 14.4. The van der Waals surface area contributed by atoms with Gasteiger partial charge in [-0.2, -0.15) is 9.47 Å². The number of hydrogen-bond acceptors (Lipinski definition) is 4. The van der Waals surface area contributed by atoms with Crippen LogP contribution in [-0.4, -0.2) is 38.1 Å². The summed E-state index contributed by atoms with van der Waals surface area (Å²) in [5, 5.41) is 5.37. The van der Waals surface area contributed by atoms with Crippen molar-refractivity contribution in [3.63, 3.8) is 0 Å². The van der Waals surface area contributed by atoms with Gasteiger partial charge in [0.1, 0.15) is 5.69 Å². The first-order valence-electron chi connectivity index (χ1n) is 7.87. The van der Waals surface area contributed by atoms with Crippen molar-refractivity contribution < 1.29 is 4.79 Å². The minimum Gasteiger partial charge on any atom is -0.337 e. The smallest absolute Gasteiger partial charge is 0.274 e. The van der Waals surface area contributed by atoms with E-state index in [1.165, 1.54) is 17.1 Å². The van der Waals surface area contributed by atoms with Gasteiger partial charge >= 0.3 is 0 Å². The van der Waals surface area contributed by atoms with Gasteiger partial charge in [0.05, 0.1) is 16.9 Å². The molecule has 0 saturated carbocycles. The lowest BCUT2D eigenvalue weighted by molar-refractivity contribution is 0.0687. The van der Waals surface area contributed by atoms with Gasteiger partial charge in [0.15, 0.2) is 0 Å². The highest BCUT2D eigenvalue weighted by Crippen LogP contribution is 2.27. The average Bonchev–Trinajstić information content (AvgIpc) is 3.21. The topological polar surface area (TPSA) is 51.0 Å². The van der Waals surface area contributed by atoms with E-state index in [0.29, 0.717) is 11.7 Å². The van der Waals surface area contributed by atoms with Crippen LogP contribution >= 0.6 is 11.5 Å². The predicted octanol–water partition coefficient (Wildman–Crippen LogP) is 3.28. The Kier molecular flexibility index (Phi) is 3.61. The van der Waals surface area contributed by atoms with Gasteiger partial charge in [-0.1, -0.05) is 18.2 Å². The summed E-state index contributed by atoms with van der Waals surface area (Å²) in [6.07, 6.45) is 5.85. The molecule has 2 aromatic heterocycles. The van der Waals surface area contributed by atoms with Crippen LogP contribution in [0.15, 0.2) is 36.7 Å². The summed E-state index contributed by atoms with van der Waals surface area (Å²) in [6.45, 7) is 3.57. The van der Waals surface area contributed by atoms with Crippen LogP contribution in [0, 0.1) is 6.92 Å². The number of hydrogen-bond donors (Lipinski definition) is 0. The number of carbonyl (C=O) groups excluding carboxylic acids is 1. The maximum absolute atomic E-state index is 12.8. The van der Waals surface area contributed by atoms with E-state index in [4.69, 9.17) is 0 Å². The molecule has 5 nitrogen and oxygen atoms in total. The van der Waals surface area contributed by atoms with Gasteiger partial charge in [-0.15, -0.1) is 0 Å². The molecule has 1 fully saturated rings. The SMILES string of the molecule is Cc1cnn(C2CCN(C(=O)c3nsc4ccccc34)CC2)c1. The Bertz CT molecular complexity index is 845. The molecule has 0 N–H and O–H groups in total. The van der Waals surface area contributed by atoms with Crippen molar-refractivity contribution in [2.75, 3.05) is 13.1 Å². The summed E-state index contributed by atoms with van der Waals surface area (Å²) in [5.74, 6) is 0.0533. The molecule has 0 unspecified atom stereocenters. The Hall–Kier alpha value is -2.21. The number of amides is 1. The molecule has 6 heteroatoms. The van der Waals surface area contributed by atoms with E-state index >= 15 is 0 Å². The third-order valence-electron chi connectivity index (χ3n) is 4.44. The third-order valence-corrected chi connectivity index (χ3v) is 5.26. The number of aromatic nitrogens is 3. The lowest BCUT2D eigenvalue weighted by Gasteiger charge is -2.31. The Balaban J connectivity index is 1.49. The van der Waals surface area contributed by atoms with E-state index in [1.807, 2.05) is 40.0 Å². The lowest BCUT2D eigenvalue weighted by Crippen LogP contribution is -2.39. The maximum atomic E-state index is 12.8. The fourth-order valence-electron chi connectivity index (χ4n) is 3.16. The fourth-order valence-corrected chi connectivity index (χ4v) is 3.92. The molecular weight excluding hydrogens is 308 g/mol. The molecule has 1 aliphatic heterocycles. The monoisotopic (exact) mass is 326 g/mol. The molecule has 4 rings (SSSR count). The van der Waals surface area contributed by atoms with Crippen LogP contribution in [0.5, 0.6) is 0 Å². The second-order valence-corrected chi connectivity index (χ2v) is 6.85. The first-order chi connectivity index (χ1) is 11.2. The highest BCUT2D eigenvalue weighted by Gasteiger charge is 2.27. The minimum absolute atomic E-state index is 0.0533. The van der Waals surface area contributed by atoms with Gasteiger partial charge in [0.25, 0.3) is 5.91 Å². The van der Waals surface area contributed by atoms with Crippen molar-refractivity contribution in [1.29, 1.82) is 0 Å². The molecule has 1 saturated heterocycles. The molecule has 0 radical (unpaired) electrons. The lowest BCUT2D eigenvalue weighted by atomic mass is 10.0. The van der Waals surface area contributed by atoms with Crippen molar-refractivity contribution in [3.8, 4) is 0 Å². The number of piperidine rings is 1. The second kappa shape index (κ2) is 5.77. The van der Waals surface area contributed by atoms with Crippen molar-refractivity contribution >= 4 is 27.5 Å². The van der Waals surface area contributed by atoms with Crippen molar-refractivity contribution in [2.24, 2.45) is 0 Å². The molecule has 23 heavy (non-hydrogen) atoms. The Labute approximate surface area is 138 Å². The maximum Gasteiger partial charge on any atom is 0.274 e. The summed E-state index contributed by atoms with van der Waals surface area (Å²) in [7, 11) is 0. The van der Waals surface area contributed by atoms with Crippen LogP contribution in [0.4, 0.5) is 0 Å². The van der Waals surface area contributed by atoms with Gasteiger partial charge in [-0.05, 0) is 42.9 Å². The van der Waals surface area contributed by atoms with E-state index < -0.39 is 0 Å². The molecule has 3 heterocycles. The highest BCUT2D eigenvalue weighted by atomic mass is 32.1. The van der Waals surface area contributed by atoms with Gasteiger partial charge in [0.2, 0.25) is 0 Å². The number of rotatable bonds is 2. The Morgan fingerprint density at radius 1 is 1.26 bits per heavy atom. The molecule has 3 aromatic rings. The van der Waals surface area contributed by atoms with Crippen molar-refractivity contribution in [3.05, 3.63) is 47.9 Å². The molecule has 1 aromatic carbocycles. The fraction of sp³-hybridized carbons (Fsp3) is 0.353. The Morgan fingerprint density at radius 2 is 2.04 bits per heavy atom. The largest absolute Gasteiger partial charge is 0.337 e. The minimum atomic E-state index is 0.0533. The van der Waals surface area contributed by atoms with E-state index in [2.05, 4.69) is 22.6 Å². The summed E-state index contributed by atoms with van der Waals surface area (Å²) < 4.78 is 7.49. The van der Waals surface area contributed by atoms with Gasteiger partial charge in [-0.25, -0.2) is 0 Å². The van der Waals surface area contributed by atoms with E-state index in [9.17, 15) is 4.79 Å². The normalized spacial score (nSPS) is 16.1. The predicted molar refractivity (Wildman–Crippen MR) is 90.8 cm³/mol. The van der Waals surface area contributed by atoms with E-state index in [-0.39, 0.29) is 5.91 Å². The standard InChI is InChI=1S/C17H18N4OS/c1-12-10-18-21(11-12)13-6-8-20(9-7-13)17(22)16-14-4-2-3-5-15(14)23-19-16/h2-5,10-11,13H,6-9H2,1H3. The molecule has 0 bridgehead atoms. The molecule has 0 atom stereocenters. The summed E-state index contributed by atoms with van der Waals surface area (Å²) in [5.41, 5.74) is 1.77. The van der Waals surface area contributed by atoms with Crippen LogP contribution in [0.25, 0.3) is 10.1 Å². The molecule has 0 aliphatic carbocycles. The number of carbonyl (C=O) groups is 1. The van der Waals surface area contributed by atoms with Crippen molar-refractivity contribution in [2.45, 2.75) is 25.8 Å². The zero-order valence-electron chi connectivity index (χ0n) is 13.0. The summed E-state index contributed by atoms with van der Waals surface area (Å²) in [6, 6.07) is 8.31. The first-order valence-corrected chi connectivity index (χ1v) is 8.64. The van der Waals surface area contributed by atoms with Gasteiger partial charge in [-0.3, -0.25) is 9.48 Å². The average molecular weight is 326 g/mol. The Morgan fingerprint density at radius 3 is 2.78 bits per heavy atom. The van der Waals surface area contributed by atoms with Crippen LogP contribution in [-0.2, 0) is 0 Å². The van der Waals surface area contributed by atoms with E-state index in [1.54, 1.807) is 0 Å². The van der Waals surface area contributed by atoms with Gasteiger partial charge in [0, 0.05) is 24.7 Å². The van der Waals surface area contributed by atoms with Gasteiger partial charge < -0.3 is 4.90 Å². The molecule has 0 spiro atoms. The molecule has 118 valence electrons. The highest BCUT2D eigenvalue weighted by molar-refractivity contribution is 7.13. The van der Waals surface area contributed by atoms with E-state index in [0.717, 1.165) is 36.0 Å². The van der Waals surface area contributed by atoms with Crippen LogP contribution in [0.2, 0.25) is 0 Å².